The lowest BCUT2D eigenvalue weighted by atomic mass is 10.5. The van der Waals surface area contributed by atoms with Crippen molar-refractivity contribution in [1.29, 1.82) is 0 Å². The van der Waals surface area contributed by atoms with E-state index in [1.165, 1.54) is 0 Å². The Hall–Kier alpha value is 0.571. The van der Waals surface area contributed by atoms with Crippen LogP contribution in [0, 0.1) is 0 Å². The molecule has 0 unspecified atom stereocenters. The Morgan fingerprint density at radius 3 is 0.944 bits per heavy atom. The van der Waals surface area contributed by atoms with Crippen LogP contribution in [0.4, 0.5) is 0 Å². The third-order valence-electron chi connectivity index (χ3n) is 3.33. The van der Waals surface area contributed by atoms with Crippen molar-refractivity contribution in [2.45, 2.75) is 84.1 Å². The van der Waals surface area contributed by atoms with Crippen molar-refractivity contribution in [3.05, 3.63) is 0 Å². The van der Waals surface area contributed by atoms with Crippen molar-refractivity contribution < 1.29 is 8.23 Å². The first-order valence-electron chi connectivity index (χ1n) is 7.47. The summed E-state index contributed by atoms with van der Waals surface area (Å²) in [7, 11) is -3.62. The quantitative estimate of drug-likeness (QED) is 0.632. The average Bonchev–Trinajstić information content (AvgIpc) is 2.20. The van der Waals surface area contributed by atoms with Crippen molar-refractivity contribution >= 4 is 27.4 Å². The minimum absolute atomic E-state index is 0.710. The molecule has 0 atom stereocenters. The fraction of sp³-hybridized carbons (Fsp3) is 1.00. The van der Waals surface area contributed by atoms with Crippen LogP contribution < -0.4 is 0 Å². The zero-order chi connectivity index (χ0) is 14.5. The van der Waals surface area contributed by atoms with Crippen molar-refractivity contribution in [2.75, 3.05) is 0 Å². The maximum absolute atomic E-state index is 6.39. The summed E-state index contributed by atoms with van der Waals surface area (Å²) >= 11 is 0. The molecule has 0 heterocycles. The lowest BCUT2D eigenvalue weighted by molar-refractivity contribution is 0.416. The molecule has 0 saturated carbocycles. The molecule has 0 aliphatic heterocycles. The SMILES string of the molecule is CC(C)[SiH](O[SiH](C)O[SiH](C(C)C)C(C)C)C(C)C. The summed E-state index contributed by atoms with van der Waals surface area (Å²) in [5, 5.41) is 0. The van der Waals surface area contributed by atoms with Crippen LogP contribution in [0.15, 0.2) is 0 Å². The van der Waals surface area contributed by atoms with Crippen LogP contribution in [0.25, 0.3) is 0 Å². The Morgan fingerprint density at radius 2 is 0.778 bits per heavy atom. The highest BCUT2D eigenvalue weighted by molar-refractivity contribution is 6.70. The second kappa shape index (κ2) is 8.68. The van der Waals surface area contributed by atoms with E-state index in [4.69, 9.17) is 8.23 Å². The number of hydrogen-bond acceptors (Lipinski definition) is 2. The van der Waals surface area contributed by atoms with Crippen LogP contribution in [0.1, 0.15) is 55.4 Å². The van der Waals surface area contributed by atoms with E-state index in [2.05, 4.69) is 61.9 Å². The van der Waals surface area contributed by atoms with E-state index >= 15 is 0 Å². The molecule has 0 rings (SSSR count). The Bertz CT molecular complexity index is 182. The van der Waals surface area contributed by atoms with E-state index in [1.807, 2.05) is 0 Å². The highest BCUT2D eigenvalue weighted by Crippen LogP contribution is 2.25. The third kappa shape index (κ3) is 6.65. The molecule has 0 aromatic heterocycles. The van der Waals surface area contributed by atoms with Gasteiger partial charge in [0.05, 0.1) is 0 Å². The molecule has 0 amide bonds. The standard InChI is InChI=1S/C13H34O2Si3/c1-10(2)17(11(3)4)14-16(9)15-18(12(5)6)13(7)8/h10-13,16-18H,1-9H3. The van der Waals surface area contributed by atoms with Gasteiger partial charge in [-0.2, -0.15) is 0 Å². The summed E-state index contributed by atoms with van der Waals surface area (Å²) in [6.07, 6.45) is 0. The Balaban J connectivity index is 4.42. The van der Waals surface area contributed by atoms with Gasteiger partial charge in [0, 0.05) is 0 Å². The summed E-state index contributed by atoms with van der Waals surface area (Å²) < 4.78 is 12.8. The van der Waals surface area contributed by atoms with Crippen LogP contribution in [-0.4, -0.2) is 27.4 Å². The highest BCUT2D eigenvalue weighted by Gasteiger charge is 2.28. The van der Waals surface area contributed by atoms with Crippen molar-refractivity contribution in [2.24, 2.45) is 0 Å². The molecule has 0 fully saturated rings. The predicted molar refractivity (Wildman–Crippen MR) is 89.9 cm³/mol. The monoisotopic (exact) mass is 306 g/mol. The molecule has 0 aromatic carbocycles. The van der Waals surface area contributed by atoms with Gasteiger partial charge in [0.2, 0.25) is 0 Å². The molecule has 0 bridgehead atoms. The minimum Gasteiger partial charge on any atom is -0.441 e. The molecule has 0 N–H and O–H groups in total. The van der Waals surface area contributed by atoms with Gasteiger partial charge in [-0.25, -0.2) is 0 Å². The Kier molecular flexibility index (Phi) is 8.96. The topological polar surface area (TPSA) is 18.5 Å². The van der Waals surface area contributed by atoms with E-state index in [-0.39, 0.29) is 0 Å². The van der Waals surface area contributed by atoms with Crippen LogP contribution in [-0.2, 0) is 8.23 Å². The summed E-state index contributed by atoms with van der Waals surface area (Å²) in [6.45, 7) is 20.7. The van der Waals surface area contributed by atoms with Gasteiger partial charge in [-0.1, -0.05) is 55.4 Å². The summed E-state index contributed by atoms with van der Waals surface area (Å²) in [5.41, 5.74) is 2.84. The van der Waals surface area contributed by atoms with Gasteiger partial charge in [0.15, 0.2) is 18.1 Å². The molecule has 2 nitrogen and oxygen atoms in total. The van der Waals surface area contributed by atoms with E-state index in [0.717, 1.165) is 0 Å². The minimum atomic E-state index is -1.42. The second-order valence-electron chi connectivity index (χ2n) is 6.75. The molecule has 0 radical (unpaired) electrons. The van der Waals surface area contributed by atoms with E-state index < -0.39 is 27.4 Å². The first kappa shape index (κ1) is 18.6. The van der Waals surface area contributed by atoms with Crippen molar-refractivity contribution in [3.63, 3.8) is 0 Å². The van der Waals surface area contributed by atoms with Gasteiger partial charge < -0.3 is 8.23 Å². The van der Waals surface area contributed by atoms with Gasteiger partial charge in [-0.3, -0.25) is 0 Å². The molecule has 0 spiro atoms. The maximum Gasteiger partial charge on any atom is 0.297 e. The molecule has 18 heavy (non-hydrogen) atoms. The van der Waals surface area contributed by atoms with Crippen LogP contribution >= 0.6 is 0 Å². The average molecular weight is 307 g/mol. The van der Waals surface area contributed by atoms with Crippen LogP contribution in [0.5, 0.6) is 0 Å². The van der Waals surface area contributed by atoms with Gasteiger partial charge in [-0.05, 0) is 28.7 Å². The number of rotatable bonds is 8. The smallest absolute Gasteiger partial charge is 0.297 e. The lowest BCUT2D eigenvalue weighted by Gasteiger charge is -2.31. The largest absolute Gasteiger partial charge is 0.441 e. The van der Waals surface area contributed by atoms with Crippen molar-refractivity contribution in [3.8, 4) is 0 Å². The van der Waals surface area contributed by atoms with Gasteiger partial charge >= 0.3 is 0 Å². The molecule has 5 heteroatoms. The summed E-state index contributed by atoms with van der Waals surface area (Å²) in [6, 6.07) is 0. The van der Waals surface area contributed by atoms with E-state index in [0.29, 0.717) is 22.2 Å². The zero-order valence-electron chi connectivity index (χ0n) is 13.9. The summed E-state index contributed by atoms with van der Waals surface area (Å²) in [4.78, 5) is 0. The second-order valence-corrected chi connectivity index (χ2v) is 17.2. The van der Waals surface area contributed by atoms with E-state index in [9.17, 15) is 0 Å². The number of hydrogen-bond donors (Lipinski definition) is 0. The normalized spacial score (nSPS) is 13.3. The fourth-order valence-corrected chi connectivity index (χ4v) is 15.1. The van der Waals surface area contributed by atoms with Gasteiger partial charge in [0.25, 0.3) is 9.28 Å². The highest BCUT2D eigenvalue weighted by atomic mass is 28.4. The molecule has 0 aliphatic carbocycles. The molecule has 0 aromatic rings. The molecule has 0 saturated heterocycles. The van der Waals surface area contributed by atoms with Crippen molar-refractivity contribution in [1.82, 2.24) is 0 Å². The summed E-state index contributed by atoms with van der Waals surface area (Å²) in [5.74, 6) is 0. The van der Waals surface area contributed by atoms with Gasteiger partial charge in [0.1, 0.15) is 0 Å². The Labute approximate surface area is 120 Å². The molecule has 0 aliphatic rings. The Morgan fingerprint density at radius 1 is 0.556 bits per heavy atom. The first-order chi connectivity index (χ1) is 8.16. The maximum atomic E-state index is 6.39. The molecular formula is C13H34O2Si3. The molecular weight excluding hydrogens is 272 g/mol. The van der Waals surface area contributed by atoms with Gasteiger partial charge in [-0.15, -0.1) is 0 Å². The molecule has 110 valence electrons. The fourth-order valence-electron chi connectivity index (χ4n) is 2.64. The predicted octanol–water partition coefficient (Wildman–Crippen LogP) is 3.96. The van der Waals surface area contributed by atoms with E-state index in [1.54, 1.807) is 0 Å². The van der Waals surface area contributed by atoms with Crippen LogP contribution in [0.2, 0.25) is 28.7 Å². The first-order valence-corrected chi connectivity index (χ1v) is 13.2. The zero-order valence-corrected chi connectivity index (χ0v) is 17.3. The lowest BCUT2D eigenvalue weighted by Crippen LogP contribution is -2.39. The third-order valence-corrected chi connectivity index (χ3v) is 14.2. The van der Waals surface area contributed by atoms with Crippen LogP contribution in [0.3, 0.4) is 0 Å².